The largest absolute Gasteiger partial charge is 0.301 e. The molecule has 0 spiro atoms. The van der Waals surface area contributed by atoms with Crippen molar-refractivity contribution in [1.29, 1.82) is 0 Å². The molecule has 16 heavy (non-hydrogen) atoms. The number of aldehydes is 1. The normalized spacial score (nSPS) is 11.2. The smallest absolute Gasteiger partial charge is 0.140 e. The lowest BCUT2D eigenvalue weighted by molar-refractivity contribution is -0.111. The molecule has 0 aliphatic carbocycles. The van der Waals surface area contributed by atoms with Gasteiger partial charge in [-0.05, 0) is 55.6 Å². The molecule has 0 amide bonds. The minimum absolute atomic E-state index is 0.388. The summed E-state index contributed by atoms with van der Waals surface area (Å²) in [4.78, 5) is 22.0. The number of nitroso groups, excluding NO2 is 1. The molecule has 1 rings (SSSR count). The van der Waals surface area contributed by atoms with Gasteiger partial charge in [0.1, 0.15) is 12.0 Å². The molecule has 0 unspecified atom stereocenters. The predicted octanol–water partition coefficient (Wildman–Crippen LogP) is 2.97. The standard InChI is InChI=1S/C11H14N2O2S/c1-8-4-5-9(12-15)6-10(8)16-13-11(2,3)7-14/h4-7,13H,1-3H3. The van der Waals surface area contributed by atoms with Crippen LogP contribution in [0.5, 0.6) is 0 Å². The Kier molecular flexibility index (Phi) is 4.20. The van der Waals surface area contributed by atoms with Crippen LogP contribution >= 0.6 is 11.9 Å². The monoisotopic (exact) mass is 238 g/mol. The van der Waals surface area contributed by atoms with Gasteiger partial charge in [-0.25, -0.2) is 4.72 Å². The lowest BCUT2D eigenvalue weighted by atomic mass is 10.1. The van der Waals surface area contributed by atoms with Crippen LogP contribution in [0.25, 0.3) is 0 Å². The molecule has 1 aromatic rings. The molecular weight excluding hydrogens is 224 g/mol. The first-order valence-corrected chi connectivity index (χ1v) is 5.64. The summed E-state index contributed by atoms with van der Waals surface area (Å²) in [6.07, 6.45) is 0.844. The van der Waals surface area contributed by atoms with Crippen molar-refractivity contribution in [1.82, 2.24) is 4.72 Å². The van der Waals surface area contributed by atoms with Crippen molar-refractivity contribution in [3.05, 3.63) is 28.7 Å². The average Bonchev–Trinajstić information content (AvgIpc) is 2.28. The fourth-order valence-corrected chi connectivity index (χ4v) is 1.80. The van der Waals surface area contributed by atoms with Gasteiger partial charge in [-0.3, -0.25) is 0 Å². The van der Waals surface area contributed by atoms with Gasteiger partial charge >= 0.3 is 0 Å². The molecule has 0 aromatic heterocycles. The maximum absolute atomic E-state index is 10.7. The first-order valence-electron chi connectivity index (χ1n) is 4.83. The summed E-state index contributed by atoms with van der Waals surface area (Å²) in [5, 5.41) is 2.88. The number of carbonyl (C=O) groups is 1. The Hall–Kier alpha value is -1.20. The topological polar surface area (TPSA) is 58.5 Å². The molecule has 0 radical (unpaired) electrons. The van der Waals surface area contributed by atoms with Crippen molar-refractivity contribution in [3.8, 4) is 0 Å². The first kappa shape index (κ1) is 12.9. The molecular formula is C11H14N2O2S. The second kappa shape index (κ2) is 5.23. The van der Waals surface area contributed by atoms with E-state index in [1.54, 1.807) is 26.0 Å². The number of carbonyl (C=O) groups excluding carboxylic acids is 1. The van der Waals surface area contributed by atoms with Crippen LogP contribution in [0.1, 0.15) is 19.4 Å². The molecule has 0 saturated carbocycles. The molecule has 0 aliphatic rings. The van der Waals surface area contributed by atoms with Gasteiger partial charge in [0.25, 0.3) is 0 Å². The van der Waals surface area contributed by atoms with E-state index in [0.717, 1.165) is 16.7 Å². The lowest BCUT2D eigenvalue weighted by Gasteiger charge is -2.18. The molecule has 1 aromatic carbocycles. The lowest BCUT2D eigenvalue weighted by Crippen LogP contribution is -2.35. The van der Waals surface area contributed by atoms with Crippen LogP contribution in [0.4, 0.5) is 5.69 Å². The van der Waals surface area contributed by atoms with Crippen LogP contribution in [-0.4, -0.2) is 11.8 Å². The third kappa shape index (κ3) is 3.43. The van der Waals surface area contributed by atoms with E-state index in [4.69, 9.17) is 0 Å². The summed E-state index contributed by atoms with van der Waals surface area (Å²) in [6, 6.07) is 5.19. The minimum atomic E-state index is -0.596. The fourth-order valence-electron chi connectivity index (χ4n) is 0.966. The van der Waals surface area contributed by atoms with E-state index in [0.29, 0.717) is 5.69 Å². The van der Waals surface area contributed by atoms with E-state index >= 15 is 0 Å². The van der Waals surface area contributed by atoms with Crippen molar-refractivity contribution in [2.45, 2.75) is 31.2 Å². The van der Waals surface area contributed by atoms with Crippen molar-refractivity contribution in [3.63, 3.8) is 0 Å². The molecule has 0 fully saturated rings. The van der Waals surface area contributed by atoms with E-state index in [1.165, 1.54) is 11.9 Å². The number of hydrogen-bond donors (Lipinski definition) is 1. The zero-order valence-electron chi connectivity index (χ0n) is 9.48. The van der Waals surface area contributed by atoms with E-state index in [9.17, 15) is 9.70 Å². The van der Waals surface area contributed by atoms with Gasteiger partial charge in [-0.1, -0.05) is 6.07 Å². The van der Waals surface area contributed by atoms with Crippen LogP contribution in [0.3, 0.4) is 0 Å². The highest BCUT2D eigenvalue weighted by Gasteiger charge is 2.16. The Morgan fingerprint density at radius 2 is 2.12 bits per heavy atom. The quantitative estimate of drug-likeness (QED) is 0.486. The highest BCUT2D eigenvalue weighted by molar-refractivity contribution is 7.97. The summed E-state index contributed by atoms with van der Waals surface area (Å²) < 4.78 is 3.02. The van der Waals surface area contributed by atoms with E-state index in [-0.39, 0.29) is 0 Å². The highest BCUT2D eigenvalue weighted by atomic mass is 32.2. The van der Waals surface area contributed by atoms with Gasteiger partial charge in [0.15, 0.2) is 0 Å². The van der Waals surface area contributed by atoms with E-state index < -0.39 is 5.54 Å². The zero-order valence-corrected chi connectivity index (χ0v) is 10.3. The summed E-state index contributed by atoms with van der Waals surface area (Å²) in [6.45, 7) is 5.50. The Balaban J connectivity index is 2.80. The van der Waals surface area contributed by atoms with Gasteiger partial charge in [0.05, 0.1) is 5.54 Å². The summed E-state index contributed by atoms with van der Waals surface area (Å²) >= 11 is 1.33. The van der Waals surface area contributed by atoms with Gasteiger partial charge in [-0.2, -0.15) is 0 Å². The fraction of sp³-hybridized carbons (Fsp3) is 0.364. The van der Waals surface area contributed by atoms with Crippen molar-refractivity contribution in [2.24, 2.45) is 5.18 Å². The van der Waals surface area contributed by atoms with Crippen LogP contribution in [0.15, 0.2) is 28.3 Å². The zero-order chi connectivity index (χ0) is 12.2. The summed E-state index contributed by atoms with van der Waals surface area (Å²) in [5.41, 5.74) is 0.826. The van der Waals surface area contributed by atoms with Crippen LogP contribution in [-0.2, 0) is 4.79 Å². The average molecular weight is 238 g/mol. The molecule has 86 valence electrons. The van der Waals surface area contributed by atoms with Gasteiger partial charge in [-0.15, -0.1) is 4.91 Å². The Labute approximate surface area is 98.9 Å². The Morgan fingerprint density at radius 3 is 2.69 bits per heavy atom. The second-order valence-electron chi connectivity index (χ2n) is 4.08. The first-order chi connectivity index (χ1) is 7.48. The number of nitrogens with zero attached hydrogens (tertiary/aromatic N) is 1. The number of aryl methyl sites for hydroxylation is 1. The predicted molar refractivity (Wildman–Crippen MR) is 65.8 cm³/mol. The maximum Gasteiger partial charge on any atom is 0.140 e. The second-order valence-corrected chi connectivity index (χ2v) is 4.93. The van der Waals surface area contributed by atoms with Crippen LogP contribution in [0.2, 0.25) is 0 Å². The molecule has 0 saturated heterocycles. The highest BCUT2D eigenvalue weighted by Crippen LogP contribution is 2.26. The Bertz CT molecular complexity index is 405. The summed E-state index contributed by atoms with van der Waals surface area (Å²) in [7, 11) is 0. The van der Waals surface area contributed by atoms with E-state index in [1.807, 2.05) is 13.0 Å². The minimum Gasteiger partial charge on any atom is -0.301 e. The molecule has 4 nitrogen and oxygen atoms in total. The Morgan fingerprint density at radius 1 is 1.44 bits per heavy atom. The molecule has 5 heteroatoms. The van der Waals surface area contributed by atoms with E-state index in [2.05, 4.69) is 9.90 Å². The number of rotatable bonds is 5. The molecule has 0 heterocycles. The number of nitrogens with one attached hydrogen (secondary N) is 1. The number of benzene rings is 1. The maximum atomic E-state index is 10.7. The third-order valence-electron chi connectivity index (χ3n) is 2.00. The van der Waals surface area contributed by atoms with Crippen LogP contribution in [0, 0.1) is 11.8 Å². The van der Waals surface area contributed by atoms with Gasteiger partial charge < -0.3 is 4.79 Å². The van der Waals surface area contributed by atoms with Crippen molar-refractivity contribution >= 4 is 23.9 Å². The summed E-state index contributed by atoms with van der Waals surface area (Å²) in [5.74, 6) is 0. The van der Waals surface area contributed by atoms with Gasteiger partial charge in [0, 0.05) is 4.90 Å². The third-order valence-corrected chi connectivity index (χ3v) is 3.28. The molecule has 1 N–H and O–H groups in total. The van der Waals surface area contributed by atoms with Crippen molar-refractivity contribution < 1.29 is 4.79 Å². The molecule has 0 atom stereocenters. The number of hydrogen-bond acceptors (Lipinski definition) is 5. The van der Waals surface area contributed by atoms with Crippen molar-refractivity contribution in [2.75, 3.05) is 0 Å². The molecule has 0 bridgehead atoms. The molecule has 0 aliphatic heterocycles. The SMILES string of the molecule is Cc1ccc(N=O)cc1SNC(C)(C)C=O. The van der Waals surface area contributed by atoms with Crippen LogP contribution < -0.4 is 4.72 Å². The van der Waals surface area contributed by atoms with Gasteiger partial charge in [0.2, 0.25) is 0 Å².